The molecule has 0 saturated heterocycles. The Morgan fingerprint density at radius 3 is 2.78 bits per heavy atom. The minimum absolute atomic E-state index is 0.845. The van der Waals surface area contributed by atoms with Crippen LogP contribution in [0.4, 0.5) is 0 Å². The number of hydrogen-bond acceptors (Lipinski definition) is 2. The van der Waals surface area contributed by atoms with E-state index < -0.39 is 0 Å². The Balaban J connectivity index is 2.83. The molecular formula is C7H14OS. The van der Waals surface area contributed by atoms with E-state index in [4.69, 9.17) is 4.74 Å². The maximum Gasteiger partial charge on any atom is 0.0553 e. The minimum atomic E-state index is 0.845. The van der Waals surface area contributed by atoms with E-state index in [1.165, 1.54) is 5.57 Å². The van der Waals surface area contributed by atoms with E-state index in [2.05, 4.69) is 6.58 Å². The SMILES string of the molecule is C=C(C)CSCCOC. The lowest BCUT2D eigenvalue weighted by molar-refractivity contribution is 0.218. The zero-order valence-electron chi connectivity index (χ0n) is 6.14. The molecule has 0 saturated carbocycles. The lowest BCUT2D eigenvalue weighted by atomic mass is 10.4. The van der Waals surface area contributed by atoms with Gasteiger partial charge in [0, 0.05) is 18.6 Å². The van der Waals surface area contributed by atoms with Gasteiger partial charge in [-0.1, -0.05) is 12.2 Å². The second kappa shape index (κ2) is 6.17. The molecule has 0 fully saturated rings. The van der Waals surface area contributed by atoms with Gasteiger partial charge in [-0.25, -0.2) is 0 Å². The van der Waals surface area contributed by atoms with Gasteiger partial charge in [0.15, 0.2) is 0 Å². The molecule has 0 aliphatic carbocycles. The molecule has 0 aromatic heterocycles. The van der Waals surface area contributed by atoms with Gasteiger partial charge < -0.3 is 4.74 Å². The second-order valence-corrected chi connectivity index (χ2v) is 3.11. The number of thioether (sulfide) groups is 1. The molecule has 0 amide bonds. The van der Waals surface area contributed by atoms with Crippen LogP contribution in [0, 0.1) is 0 Å². The van der Waals surface area contributed by atoms with Gasteiger partial charge in [-0.15, -0.1) is 0 Å². The molecule has 0 aromatic carbocycles. The van der Waals surface area contributed by atoms with E-state index in [9.17, 15) is 0 Å². The average Bonchev–Trinajstić information content (AvgIpc) is 1.80. The maximum absolute atomic E-state index is 4.87. The number of ether oxygens (including phenoxy) is 1. The van der Waals surface area contributed by atoms with Gasteiger partial charge in [0.25, 0.3) is 0 Å². The fraction of sp³-hybridized carbons (Fsp3) is 0.714. The maximum atomic E-state index is 4.87. The van der Waals surface area contributed by atoms with Crippen molar-refractivity contribution in [3.05, 3.63) is 12.2 Å². The van der Waals surface area contributed by atoms with E-state index in [0.29, 0.717) is 0 Å². The molecule has 0 rings (SSSR count). The Hall–Kier alpha value is 0.0500. The van der Waals surface area contributed by atoms with E-state index in [-0.39, 0.29) is 0 Å². The number of methoxy groups -OCH3 is 1. The Morgan fingerprint density at radius 1 is 1.67 bits per heavy atom. The third-order valence-electron chi connectivity index (χ3n) is 0.780. The standard InChI is InChI=1S/C7H14OS/c1-7(2)6-9-5-4-8-3/h1,4-6H2,2-3H3. The molecule has 54 valence electrons. The van der Waals surface area contributed by atoms with Crippen molar-refractivity contribution in [1.82, 2.24) is 0 Å². The summed E-state index contributed by atoms with van der Waals surface area (Å²) < 4.78 is 4.87. The van der Waals surface area contributed by atoms with Crippen LogP contribution in [0.1, 0.15) is 6.92 Å². The average molecular weight is 146 g/mol. The van der Waals surface area contributed by atoms with Gasteiger partial charge in [-0.05, 0) is 6.92 Å². The van der Waals surface area contributed by atoms with Crippen molar-refractivity contribution in [2.24, 2.45) is 0 Å². The van der Waals surface area contributed by atoms with E-state index in [0.717, 1.165) is 18.1 Å². The van der Waals surface area contributed by atoms with Gasteiger partial charge in [0.2, 0.25) is 0 Å². The van der Waals surface area contributed by atoms with Crippen molar-refractivity contribution in [1.29, 1.82) is 0 Å². The Labute approximate surface area is 61.5 Å². The highest BCUT2D eigenvalue weighted by molar-refractivity contribution is 7.99. The normalized spacial score (nSPS) is 9.56. The van der Waals surface area contributed by atoms with Crippen molar-refractivity contribution < 1.29 is 4.74 Å². The van der Waals surface area contributed by atoms with Gasteiger partial charge in [-0.2, -0.15) is 11.8 Å². The fourth-order valence-electron chi connectivity index (χ4n) is 0.389. The predicted molar refractivity (Wildman–Crippen MR) is 44.0 cm³/mol. The predicted octanol–water partition coefficient (Wildman–Crippen LogP) is 1.94. The molecule has 9 heavy (non-hydrogen) atoms. The topological polar surface area (TPSA) is 9.23 Å². The van der Waals surface area contributed by atoms with Gasteiger partial charge in [0.05, 0.1) is 6.61 Å². The lowest BCUT2D eigenvalue weighted by Crippen LogP contribution is -1.92. The quantitative estimate of drug-likeness (QED) is 0.433. The summed E-state index contributed by atoms with van der Waals surface area (Å²) in [5, 5.41) is 0. The van der Waals surface area contributed by atoms with Crippen molar-refractivity contribution in [2.45, 2.75) is 6.92 Å². The van der Waals surface area contributed by atoms with Gasteiger partial charge >= 0.3 is 0 Å². The zero-order valence-corrected chi connectivity index (χ0v) is 6.96. The molecule has 0 heterocycles. The van der Waals surface area contributed by atoms with Gasteiger partial charge in [0.1, 0.15) is 0 Å². The highest BCUT2D eigenvalue weighted by Gasteiger charge is 1.86. The summed E-state index contributed by atoms with van der Waals surface area (Å²) in [5.41, 5.74) is 1.23. The summed E-state index contributed by atoms with van der Waals surface area (Å²) in [6.07, 6.45) is 0. The number of rotatable bonds is 5. The zero-order chi connectivity index (χ0) is 7.11. The Kier molecular flexibility index (Phi) is 6.21. The van der Waals surface area contributed by atoms with Crippen LogP contribution in [0.3, 0.4) is 0 Å². The van der Waals surface area contributed by atoms with Crippen LogP contribution in [0.25, 0.3) is 0 Å². The van der Waals surface area contributed by atoms with Crippen LogP contribution in [0.2, 0.25) is 0 Å². The molecule has 2 heteroatoms. The first-order chi connectivity index (χ1) is 4.27. The van der Waals surface area contributed by atoms with E-state index in [1.807, 2.05) is 18.7 Å². The first-order valence-corrected chi connectivity index (χ1v) is 4.14. The molecule has 0 unspecified atom stereocenters. The van der Waals surface area contributed by atoms with E-state index >= 15 is 0 Å². The molecule has 0 spiro atoms. The van der Waals surface area contributed by atoms with Crippen molar-refractivity contribution in [2.75, 3.05) is 25.2 Å². The molecule has 1 nitrogen and oxygen atoms in total. The summed E-state index contributed by atoms with van der Waals surface area (Å²) in [6, 6.07) is 0. The van der Waals surface area contributed by atoms with Crippen molar-refractivity contribution in [3.63, 3.8) is 0 Å². The smallest absolute Gasteiger partial charge is 0.0553 e. The molecule has 0 aliphatic heterocycles. The summed E-state index contributed by atoms with van der Waals surface area (Å²) in [7, 11) is 1.72. The third kappa shape index (κ3) is 8.05. The first kappa shape index (κ1) is 9.05. The fourth-order valence-corrected chi connectivity index (χ4v) is 1.17. The minimum Gasteiger partial charge on any atom is -0.384 e. The molecule has 0 N–H and O–H groups in total. The highest BCUT2D eigenvalue weighted by atomic mass is 32.2. The van der Waals surface area contributed by atoms with Crippen LogP contribution in [0.5, 0.6) is 0 Å². The van der Waals surface area contributed by atoms with Crippen molar-refractivity contribution >= 4 is 11.8 Å². The van der Waals surface area contributed by atoms with E-state index in [1.54, 1.807) is 7.11 Å². The van der Waals surface area contributed by atoms with Crippen LogP contribution in [-0.2, 0) is 4.74 Å². The summed E-state index contributed by atoms with van der Waals surface area (Å²) >= 11 is 1.86. The molecule has 0 aromatic rings. The van der Waals surface area contributed by atoms with Crippen LogP contribution in [-0.4, -0.2) is 25.2 Å². The Morgan fingerprint density at radius 2 is 2.33 bits per heavy atom. The second-order valence-electron chi connectivity index (χ2n) is 2.00. The van der Waals surface area contributed by atoms with Crippen LogP contribution in [0.15, 0.2) is 12.2 Å². The molecule has 0 bridgehead atoms. The first-order valence-electron chi connectivity index (χ1n) is 2.98. The van der Waals surface area contributed by atoms with Crippen LogP contribution < -0.4 is 0 Å². The summed E-state index contributed by atoms with van der Waals surface area (Å²) in [5.74, 6) is 2.13. The molecule has 0 aliphatic rings. The van der Waals surface area contributed by atoms with Crippen LogP contribution >= 0.6 is 11.8 Å². The largest absolute Gasteiger partial charge is 0.384 e. The highest BCUT2D eigenvalue weighted by Crippen LogP contribution is 2.03. The summed E-state index contributed by atoms with van der Waals surface area (Å²) in [6.45, 7) is 6.68. The van der Waals surface area contributed by atoms with Crippen molar-refractivity contribution in [3.8, 4) is 0 Å². The number of hydrogen-bond donors (Lipinski definition) is 0. The van der Waals surface area contributed by atoms with Gasteiger partial charge in [-0.3, -0.25) is 0 Å². The summed E-state index contributed by atoms with van der Waals surface area (Å²) in [4.78, 5) is 0. The third-order valence-corrected chi connectivity index (χ3v) is 1.93. The monoisotopic (exact) mass is 146 g/mol. The molecular weight excluding hydrogens is 132 g/mol. The molecule has 0 atom stereocenters. The lowest BCUT2D eigenvalue weighted by Gasteiger charge is -1.98. The molecule has 0 radical (unpaired) electrons. The Bertz CT molecular complexity index is 81.0.